The third-order valence-electron chi connectivity index (χ3n) is 3.46. The molecule has 1 heterocycles. The molecule has 0 atom stereocenters. The van der Waals surface area contributed by atoms with Gasteiger partial charge in [-0.05, 0) is 18.9 Å². The van der Waals surface area contributed by atoms with Gasteiger partial charge in [0.15, 0.2) is 5.88 Å². The summed E-state index contributed by atoms with van der Waals surface area (Å²) in [5, 5.41) is 10.9. The number of H-pyrrole nitrogens is 1. The van der Waals surface area contributed by atoms with Crippen molar-refractivity contribution in [3.63, 3.8) is 0 Å². The largest absolute Gasteiger partial charge is 0.494 e. The molecule has 3 heteroatoms. The van der Waals surface area contributed by atoms with Gasteiger partial charge in [0.2, 0.25) is 0 Å². The number of fused-ring (bicyclic) bond motifs is 1. The number of hydrogen-bond acceptors (Lipinski definition) is 2. The average Bonchev–Trinajstić information content (AvgIpc) is 2.93. The highest BCUT2D eigenvalue weighted by molar-refractivity contribution is 6.01. The van der Waals surface area contributed by atoms with Gasteiger partial charge >= 0.3 is 0 Å². The van der Waals surface area contributed by atoms with Crippen LogP contribution in [-0.2, 0) is 0 Å². The first-order valence-corrected chi connectivity index (χ1v) is 6.17. The number of rotatable bonds is 2. The smallest absolute Gasteiger partial charge is 0.198 e. The van der Waals surface area contributed by atoms with Gasteiger partial charge in [-0.15, -0.1) is 0 Å². The fraction of sp³-hybridized carbons (Fsp3) is 0.357. The van der Waals surface area contributed by atoms with Crippen molar-refractivity contribution in [1.29, 1.82) is 0 Å². The van der Waals surface area contributed by atoms with Crippen molar-refractivity contribution >= 4 is 17.1 Å². The fourth-order valence-corrected chi connectivity index (χ4v) is 2.51. The first-order valence-electron chi connectivity index (χ1n) is 6.17. The second-order valence-electron chi connectivity index (χ2n) is 4.65. The van der Waals surface area contributed by atoms with E-state index in [2.05, 4.69) is 9.98 Å². The lowest BCUT2D eigenvalue weighted by Crippen LogP contribution is -1.96. The maximum Gasteiger partial charge on any atom is 0.198 e. The van der Waals surface area contributed by atoms with E-state index in [-0.39, 0.29) is 5.88 Å². The van der Waals surface area contributed by atoms with E-state index in [1.54, 1.807) is 0 Å². The molecule has 1 aliphatic carbocycles. The van der Waals surface area contributed by atoms with E-state index in [0.717, 1.165) is 16.5 Å². The Morgan fingerprint density at radius 1 is 1.24 bits per heavy atom. The van der Waals surface area contributed by atoms with Gasteiger partial charge in [-0.1, -0.05) is 31.0 Å². The summed E-state index contributed by atoms with van der Waals surface area (Å²) in [5.74, 6) is 0.216. The van der Waals surface area contributed by atoms with Gasteiger partial charge < -0.3 is 10.1 Å². The molecule has 1 aliphatic rings. The number of aromatic hydroxyl groups is 1. The molecule has 17 heavy (non-hydrogen) atoms. The molecule has 2 aromatic rings. The molecule has 1 fully saturated rings. The topological polar surface area (TPSA) is 48.4 Å². The predicted molar refractivity (Wildman–Crippen MR) is 69.8 cm³/mol. The fourth-order valence-electron chi connectivity index (χ4n) is 2.51. The number of aromatic amines is 1. The summed E-state index contributed by atoms with van der Waals surface area (Å²) in [6, 6.07) is 8.34. The molecule has 2 N–H and O–H groups in total. The lowest BCUT2D eigenvalue weighted by Gasteiger charge is -2.00. The van der Waals surface area contributed by atoms with Crippen molar-refractivity contribution in [2.24, 2.45) is 4.99 Å². The van der Waals surface area contributed by atoms with E-state index >= 15 is 0 Å². The standard InChI is InChI=1S/C14H16N2O/c17-14-12(9-15-10-5-1-2-6-10)11-7-3-4-8-13(11)16-14/h3-4,7-10,16-17H,1-2,5-6H2. The summed E-state index contributed by atoms with van der Waals surface area (Å²) < 4.78 is 0. The van der Waals surface area contributed by atoms with Crippen LogP contribution in [0.15, 0.2) is 29.3 Å². The van der Waals surface area contributed by atoms with Gasteiger partial charge in [0.05, 0.1) is 5.56 Å². The molecule has 3 rings (SSSR count). The monoisotopic (exact) mass is 228 g/mol. The lowest BCUT2D eigenvalue weighted by molar-refractivity contribution is 0.457. The van der Waals surface area contributed by atoms with E-state index < -0.39 is 0 Å². The molecule has 0 spiro atoms. The van der Waals surface area contributed by atoms with Crippen LogP contribution >= 0.6 is 0 Å². The normalized spacial score (nSPS) is 17.4. The number of benzene rings is 1. The van der Waals surface area contributed by atoms with Crippen LogP contribution in [0, 0.1) is 0 Å². The SMILES string of the molecule is Oc1[nH]c2ccccc2c1C=NC1CCCC1. The minimum Gasteiger partial charge on any atom is -0.494 e. The number of aliphatic imine (C=N–C) groups is 1. The second kappa shape index (κ2) is 4.24. The van der Waals surface area contributed by atoms with E-state index in [1.165, 1.54) is 25.7 Å². The minimum absolute atomic E-state index is 0.216. The lowest BCUT2D eigenvalue weighted by atomic mass is 10.2. The molecule has 1 saturated carbocycles. The van der Waals surface area contributed by atoms with Crippen molar-refractivity contribution in [1.82, 2.24) is 4.98 Å². The van der Waals surface area contributed by atoms with Gasteiger partial charge in [0, 0.05) is 23.2 Å². The van der Waals surface area contributed by atoms with Crippen molar-refractivity contribution in [2.75, 3.05) is 0 Å². The van der Waals surface area contributed by atoms with Crippen molar-refractivity contribution in [3.8, 4) is 5.88 Å². The van der Waals surface area contributed by atoms with E-state index in [1.807, 2.05) is 30.5 Å². The van der Waals surface area contributed by atoms with Gasteiger partial charge in [0.25, 0.3) is 0 Å². The van der Waals surface area contributed by atoms with Gasteiger partial charge in [-0.3, -0.25) is 4.99 Å². The number of para-hydroxylation sites is 1. The summed E-state index contributed by atoms with van der Waals surface area (Å²) in [6.07, 6.45) is 6.74. The number of nitrogens with zero attached hydrogens (tertiary/aromatic N) is 1. The van der Waals surface area contributed by atoms with Gasteiger partial charge in [0.1, 0.15) is 0 Å². The highest BCUT2D eigenvalue weighted by Crippen LogP contribution is 2.26. The number of hydrogen-bond donors (Lipinski definition) is 2. The average molecular weight is 228 g/mol. The minimum atomic E-state index is 0.216. The van der Waals surface area contributed by atoms with E-state index in [0.29, 0.717) is 6.04 Å². The summed E-state index contributed by atoms with van der Waals surface area (Å²) >= 11 is 0. The first kappa shape index (κ1) is 10.4. The zero-order valence-corrected chi connectivity index (χ0v) is 9.69. The summed E-state index contributed by atoms with van der Waals surface area (Å²) in [6.45, 7) is 0. The molecule has 0 aliphatic heterocycles. The second-order valence-corrected chi connectivity index (χ2v) is 4.65. The molecule has 0 bridgehead atoms. The third kappa shape index (κ3) is 1.93. The Morgan fingerprint density at radius 3 is 2.82 bits per heavy atom. The maximum atomic E-state index is 9.86. The van der Waals surface area contributed by atoms with Crippen LogP contribution in [0.5, 0.6) is 5.88 Å². The van der Waals surface area contributed by atoms with Gasteiger partial charge in [-0.25, -0.2) is 0 Å². The predicted octanol–water partition coefficient (Wildman–Crippen LogP) is 3.24. The number of nitrogens with one attached hydrogen (secondary N) is 1. The maximum absolute atomic E-state index is 9.86. The van der Waals surface area contributed by atoms with Crippen LogP contribution in [0.3, 0.4) is 0 Å². The molecule has 88 valence electrons. The number of aromatic nitrogens is 1. The molecule has 0 amide bonds. The van der Waals surface area contributed by atoms with Crippen LogP contribution in [0.1, 0.15) is 31.2 Å². The molecule has 0 saturated heterocycles. The zero-order chi connectivity index (χ0) is 11.7. The Kier molecular flexibility index (Phi) is 2.59. The van der Waals surface area contributed by atoms with E-state index in [4.69, 9.17) is 0 Å². The molecular weight excluding hydrogens is 212 g/mol. The molecule has 1 aromatic carbocycles. The molecule has 3 nitrogen and oxygen atoms in total. The highest BCUT2D eigenvalue weighted by atomic mass is 16.3. The Balaban J connectivity index is 1.96. The summed E-state index contributed by atoms with van der Waals surface area (Å²) in [4.78, 5) is 7.54. The van der Waals surface area contributed by atoms with Crippen LogP contribution < -0.4 is 0 Å². The van der Waals surface area contributed by atoms with Crippen molar-refractivity contribution in [2.45, 2.75) is 31.7 Å². The van der Waals surface area contributed by atoms with E-state index in [9.17, 15) is 5.11 Å². The summed E-state index contributed by atoms with van der Waals surface area (Å²) in [5.41, 5.74) is 1.77. The van der Waals surface area contributed by atoms with Crippen LogP contribution in [0.25, 0.3) is 10.9 Å². The van der Waals surface area contributed by atoms with Crippen LogP contribution in [0.4, 0.5) is 0 Å². The Hall–Kier alpha value is -1.77. The molecule has 0 unspecified atom stereocenters. The van der Waals surface area contributed by atoms with Crippen molar-refractivity contribution in [3.05, 3.63) is 29.8 Å². The first-order chi connectivity index (χ1) is 8.34. The molecular formula is C14H16N2O. The van der Waals surface area contributed by atoms with Crippen LogP contribution in [0.2, 0.25) is 0 Å². The summed E-state index contributed by atoms with van der Waals surface area (Å²) in [7, 11) is 0. The molecule has 0 radical (unpaired) electrons. The zero-order valence-electron chi connectivity index (χ0n) is 9.69. The Bertz CT molecular complexity index is 550. The third-order valence-corrected chi connectivity index (χ3v) is 3.46. The van der Waals surface area contributed by atoms with Gasteiger partial charge in [-0.2, -0.15) is 0 Å². The Labute approximate surface area is 100 Å². The quantitative estimate of drug-likeness (QED) is 0.762. The highest BCUT2D eigenvalue weighted by Gasteiger charge is 2.13. The molecule has 1 aromatic heterocycles. The van der Waals surface area contributed by atoms with Crippen LogP contribution in [-0.4, -0.2) is 22.3 Å². The Morgan fingerprint density at radius 2 is 2.00 bits per heavy atom. The van der Waals surface area contributed by atoms with Crippen molar-refractivity contribution < 1.29 is 5.11 Å².